The maximum Gasteiger partial charge on any atom is 0.385 e. The monoisotopic (exact) mass is 145 g/mol. The molecule has 0 aromatic heterocycles. The van der Waals surface area contributed by atoms with Crippen molar-refractivity contribution in [2.75, 3.05) is 21.1 Å². The van der Waals surface area contributed by atoms with Crippen LogP contribution >= 0.6 is 0 Å². The zero-order valence-corrected chi connectivity index (χ0v) is 5.84. The third-order valence-electron chi connectivity index (χ3n) is 0. The van der Waals surface area contributed by atoms with Crippen LogP contribution in [-0.2, 0) is 11.6 Å². The van der Waals surface area contributed by atoms with Crippen molar-refractivity contribution >= 4 is 11.6 Å². The first-order valence-electron chi connectivity index (χ1n) is 1.82. The highest BCUT2D eigenvalue weighted by Crippen LogP contribution is 1.75. The largest absolute Gasteiger partial charge is 0.385 e. The first-order chi connectivity index (χ1) is 3.46. The maximum absolute atomic E-state index is 9.81. The molecular formula is C3H9F2NOS. The molecule has 0 spiro atoms. The molecule has 0 heterocycles. The van der Waals surface area contributed by atoms with Gasteiger partial charge in [0.2, 0.25) is 0 Å². The minimum Gasteiger partial charge on any atom is -0.312 e. The first kappa shape index (κ1) is 10.9. The number of hydrogen-bond donors (Lipinski definition) is 0. The molecule has 5 heteroatoms. The lowest BCUT2D eigenvalue weighted by Crippen LogP contribution is -1.99. The summed E-state index contributed by atoms with van der Waals surface area (Å²) in [5.41, 5.74) is 0. The molecule has 0 aliphatic carbocycles. The van der Waals surface area contributed by atoms with Gasteiger partial charge in [-0.15, -0.1) is 0 Å². The van der Waals surface area contributed by atoms with Gasteiger partial charge >= 0.3 is 11.6 Å². The normalized spacial score (nSPS) is 8.88. The Morgan fingerprint density at radius 1 is 1.25 bits per heavy atom. The van der Waals surface area contributed by atoms with E-state index < -0.39 is 11.6 Å². The quantitative estimate of drug-likeness (QED) is 0.467. The van der Waals surface area contributed by atoms with E-state index in [1.807, 2.05) is 26.0 Å². The SMILES string of the molecule is CN(C)C.O=S(F)F. The van der Waals surface area contributed by atoms with Crippen molar-refractivity contribution in [3.8, 4) is 0 Å². The Kier molecular flexibility index (Phi) is 9.46. The summed E-state index contributed by atoms with van der Waals surface area (Å²) in [7, 11) is 6.00. The Morgan fingerprint density at radius 3 is 1.25 bits per heavy atom. The van der Waals surface area contributed by atoms with Gasteiger partial charge < -0.3 is 4.90 Å². The third-order valence-corrected chi connectivity index (χ3v) is 0. The second-order valence-electron chi connectivity index (χ2n) is 1.53. The van der Waals surface area contributed by atoms with Gasteiger partial charge in [0.05, 0.1) is 0 Å². The first-order valence-corrected chi connectivity index (χ1v) is 2.77. The third kappa shape index (κ3) is 164000. The molecule has 2 nitrogen and oxygen atoms in total. The van der Waals surface area contributed by atoms with Crippen LogP contribution in [0.3, 0.4) is 0 Å². The van der Waals surface area contributed by atoms with Crippen molar-refractivity contribution in [2.24, 2.45) is 0 Å². The summed E-state index contributed by atoms with van der Waals surface area (Å²) in [6.45, 7) is 0. The van der Waals surface area contributed by atoms with Crippen LogP contribution in [0.5, 0.6) is 0 Å². The van der Waals surface area contributed by atoms with Crippen molar-refractivity contribution in [3.63, 3.8) is 0 Å². The van der Waals surface area contributed by atoms with Crippen LogP contribution in [0.4, 0.5) is 7.77 Å². The van der Waals surface area contributed by atoms with E-state index in [1.165, 1.54) is 0 Å². The summed E-state index contributed by atoms with van der Waals surface area (Å²) in [5, 5.41) is 0. The molecular weight excluding hydrogens is 136 g/mol. The summed E-state index contributed by atoms with van der Waals surface area (Å²) >= 11 is -3.61. The minimum atomic E-state index is -3.61. The fraction of sp³-hybridized carbons (Fsp3) is 1.00. The lowest BCUT2D eigenvalue weighted by molar-refractivity contribution is 0.505. The molecule has 0 saturated carbocycles. The van der Waals surface area contributed by atoms with E-state index in [0.717, 1.165) is 0 Å². The molecule has 0 aromatic carbocycles. The fourth-order valence-electron chi connectivity index (χ4n) is 0. The van der Waals surface area contributed by atoms with Crippen LogP contribution in [-0.4, -0.2) is 30.3 Å². The van der Waals surface area contributed by atoms with E-state index in [2.05, 4.69) is 0 Å². The summed E-state index contributed by atoms with van der Waals surface area (Å²) in [6.07, 6.45) is 0. The second kappa shape index (κ2) is 6.97. The van der Waals surface area contributed by atoms with Crippen molar-refractivity contribution in [3.05, 3.63) is 0 Å². The summed E-state index contributed by atoms with van der Waals surface area (Å²) < 4.78 is 27.8. The van der Waals surface area contributed by atoms with Gasteiger partial charge in [-0.1, -0.05) is 7.77 Å². The molecule has 0 aliphatic rings. The van der Waals surface area contributed by atoms with Crippen molar-refractivity contribution in [2.45, 2.75) is 0 Å². The van der Waals surface area contributed by atoms with Gasteiger partial charge in [-0.2, -0.15) is 4.21 Å². The Labute approximate surface area is 50.5 Å². The highest BCUT2D eigenvalue weighted by atomic mass is 32.2. The van der Waals surface area contributed by atoms with Crippen LogP contribution < -0.4 is 0 Å². The zero-order valence-electron chi connectivity index (χ0n) is 5.02. The summed E-state index contributed by atoms with van der Waals surface area (Å²) in [4.78, 5) is 2.00. The van der Waals surface area contributed by atoms with E-state index in [0.29, 0.717) is 0 Å². The molecule has 0 atom stereocenters. The van der Waals surface area contributed by atoms with Gasteiger partial charge in [-0.25, -0.2) is 0 Å². The molecule has 0 amide bonds. The minimum absolute atomic E-state index is 2.00. The fourth-order valence-corrected chi connectivity index (χ4v) is 0. The highest BCUT2D eigenvalue weighted by Gasteiger charge is 1.74. The molecule has 0 radical (unpaired) electrons. The van der Waals surface area contributed by atoms with Gasteiger partial charge in [0.15, 0.2) is 0 Å². The molecule has 0 bridgehead atoms. The van der Waals surface area contributed by atoms with Crippen LogP contribution in [0.15, 0.2) is 0 Å². The standard InChI is InChI=1S/C3H9N.F2OS/c2*1-4(2)3/h1-3H3;. The number of rotatable bonds is 0. The van der Waals surface area contributed by atoms with E-state index >= 15 is 0 Å². The molecule has 8 heavy (non-hydrogen) atoms. The summed E-state index contributed by atoms with van der Waals surface area (Å²) in [6, 6.07) is 0. The van der Waals surface area contributed by atoms with Crippen LogP contribution in [0.1, 0.15) is 0 Å². The highest BCUT2D eigenvalue weighted by molar-refractivity contribution is 7.74. The summed E-state index contributed by atoms with van der Waals surface area (Å²) in [5.74, 6) is 0. The number of hydrogen-bond acceptors (Lipinski definition) is 2. The number of halogens is 2. The van der Waals surface area contributed by atoms with Gasteiger partial charge in [-0.3, -0.25) is 0 Å². The van der Waals surface area contributed by atoms with E-state index in [1.54, 1.807) is 0 Å². The molecule has 0 aromatic rings. The molecule has 0 N–H and O–H groups in total. The average Bonchev–Trinajstić information content (AvgIpc) is 1.25. The Hall–Kier alpha value is -0.0300. The van der Waals surface area contributed by atoms with Gasteiger partial charge in [0.1, 0.15) is 0 Å². The topological polar surface area (TPSA) is 20.3 Å². The maximum atomic E-state index is 9.81. The van der Waals surface area contributed by atoms with Gasteiger partial charge in [-0.05, 0) is 21.1 Å². The lowest BCUT2D eigenvalue weighted by Gasteiger charge is -1.90. The predicted octanol–water partition coefficient (Wildman–Crippen LogP) is 0.682. The van der Waals surface area contributed by atoms with Crippen LogP contribution in [0.25, 0.3) is 0 Å². The van der Waals surface area contributed by atoms with Gasteiger partial charge in [0.25, 0.3) is 0 Å². The Morgan fingerprint density at radius 2 is 1.25 bits per heavy atom. The van der Waals surface area contributed by atoms with Crippen molar-refractivity contribution < 1.29 is 12.0 Å². The van der Waals surface area contributed by atoms with E-state index in [-0.39, 0.29) is 0 Å². The van der Waals surface area contributed by atoms with Crippen molar-refractivity contribution in [1.29, 1.82) is 0 Å². The second-order valence-corrected chi connectivity index (χ2v) is 1.89. The molecule has 0 rings (SSSR count). The zero-order chi connectivity index (χ0) is 7.15. The molecule has 0 unspecified atom stereocenters. The smallest absolute Gasteiger partial charge is 0.312 e. The number of nitrogens with zero attached hydrogens (tertiary/aromatic N) is 1. The van der Waals surface area contributed by atoms with Crippen LogP contribution in [0, 0.1) is 0 Å². The Balaban J connectivity index is 0. The Bertz CT molecular complexity index is 61.5. The average molecular weight is 145 g/mol. The van der Waals surface area contributed by atoms with Gasteiger partial charge in [0, 0.05) is 0 Å². The van der Waals surface area contributed by atoms with E-state index in [4.69, 9.17) is 4.21 Å². The van der Waals surface area contributed by atoms with Crippen molar-refractivity contribution in [1.82, 2.24) is 4.90 Å². The van der Waals surface area contributed by atoms with E-state index in [9.17, 15) is 7.77 Å². The molecule has 52 valence electrons. The molecule has 0 aliphatic heterocycles. The molecule has 0 saturated heterocycles. The predicted molar refractivity (Wildman–Crippen MR) is 30.0 cm³/mol. The molecule has 0 fully saturated rings. The lowest BCUT2D eigenvalue weighted by atomic mass is 11.0. The van der Waals surface area contributed by atoms with Crippen LogP contribution in [0.2, 0.25) is 0 Å².